The molecular weight excluding hydrogens is 378 g/mol. The number of hydrogen-bond acceptors (Lipinski definition) is 4. The van der Waals surface area contributed by atoms with E-state index in [9.17, 15) is 9.59 Å². The number of aryl methyl sites for hydroxylation is 1. The Morgan fingerprint density at radius 3 is 2.37 bits per heavy atom. The van der Waals surface area contributed by atoms with Gasteiger partial charge < -0.3 is 19.4 Å². The number of methoxy groups -OCH3 is 1. The fourth-order valence-electron chi connectivity index (χ4n) is 4.50. The topological polar surface area (TPSA) is 53.1 Å². The van der Waals surface area contributed by atoms with Crippen LogP contribution >= 0.6 is 0 Å². The van der Waals surface area contributed by atoms with Crippen LogP contribution in [-0.4, -0.2) is 56.5 Å². The molecule has 6 heteroatoms. The van der Waals surface area contributed by atoms with Crippen LogP contribution in [0.5, 0.6) is 5.75 Å². The lowest BCUT2D eigenvalue weighted by molar-refractivity contribution is -0.136. The number of rotatable bonds is 5. The van der Waals surface area contributed by atoms with Crippen molar-refractivity contribution < 1.29 is 14.3 Å². The molecule has 0 radical (unpaired) electrons. The number of piperazine rings is 1. The molecule has 2 saturated heterocycles. The lowest BCUT2D eigenvalue weighted by atomic mass is 10.1. The summed E-state index contributed by atoms with van der Waals surface area (Å²) in [5.41, 5.74) is 3.15. The van der Waals surface area contributed by atoms with Gasteiger partial charge in [0, 0.05) is 44.8 Å². The van der Waals surface area contributed by atoms with Crippen molar-refractivity contribution in [1.29, 1.82) is 0 Å². The quantitative estimate of drug-likeness (QED) is 0.765. The van der Waals surface area contributed by atoms with Crippen LogP contribution in [-0.2, 0) is 16.0 Å². The molecule has 4 rings (SSSR count). The maximum absolute atomic E-state index is 13.1. The molecule has 0 bridgehead atoms. The molecule has 30 heavy (non-hydrogen) atoms. The molecular formula is C24H29N3O3. The summed E-state index contributed by atoms with van der Waals surface area (Å²) in [4.78, 5) is 31.8. The summed E-state index contributed by atoms with van der Waals surface area (Å²) in [5, 5.41) is 0. The van der Waals surface area contributed by atoms with Gasteiger partial charge in [-0.25, -0.2) is 0 Å². The number of anilines is 2. The molecule has 1 atom stereocenters. The highest BCUT2D eigenvalue weighted by atomic mass is 16.5. The van der Waals surface area contributed by atoms with E-state index in [0.717, 1.165) is 42.2 Å². The van der Waals surface area contributed by atoms with Gasteiger partial charge in [-0.15, -0.1) is 0 Å². The summed E-state index contributed by atoms with van der Waals surface area (Å²) in [5.74, 6) is 0.727. The van der Waals surface area contributed by atoms with Crippen molar-refractivity contribution in [2.45, 2.75) is 19.8 Å². The van der Waals surface area contributed by atoms with Gasteiger partial charge in [-0.2, -0.15) is 0 Å². The average Bonchev–Trinajstić information content (AvgIpc) is 3.20. The van der Waals surface area contributed by atoms with Crippen molar-refractivity contribution in [3.05, 3.63) is 54.1 Å². The van der Waals surface area contributed by atoms with Crippen molar-refractivity contribution in [1.82, 2.24) is 4.90 Å². The first-order valence-corrected chi connectivity index (χ1v) is 10.7. The van der Waals surface area contributed by atoms with Gasteiger partial charge in [-0.3, -0.25) is 9.59 Å². The minimum absolute atomic E-state index is 0.0434. The lowest BCUT2D eigenvalue weighted by Crippen LogP contribution is -2.50. The molecule has 0 aliphatic carbocycles. The zero-order chi connectivity index (χ0) is 21.1. The van der Waals surface area contributed by atoms with E-state index in [1.807, 2.05) is 41.3 Å². The molecule has 0 aromatic heterocycles. The minimum Gasteiger partial charge on any atom is -0.495 e. The van der Waals surface area contributed by atoms with E-state index in [-0.39, 0.29) is 17.7 Å². The molecule has 2 amide bonds. The Morgan fingerprint density at radius 2 is 1.67 bits per heavy atom. The molecule has 2 heterocycles. The van der Waals surface area contributed by atoms with E-state index < -0.39 is 0 Å². The molecule has 0 unspecified atom stereocenters. The number of nitrogens with zero attached hydrogens (tertiary/aromatic N) is 3. The van der Waals surface area contributed by atoms with Crippen molar-refractivity contribution in [2.75, 3.05) is 49.6 Å². The van der Waals surface area contributed by atoms with Crippen LogP contribution in [0.4, 0.5) is 11.4 Å². The van der Waals surface area contributed by atoms with Crippen LogP contribution in [0.1, 0.15) is 18.9 Å². The fourth-order valence-corrected chi connectivity index (χ4v) is 4.50. The number of para-hydroxylation sites is 3. The fraction of sp³-hybridized carbons (Fsp3) is 0.417. The third-order valence-electron chi connectivity index (χ3n) is 6.15. The first-order valence-electron chi connectivity index (χ1n) is 10.7. The predicted octanol–water partition coefficient (Wildman–Crippen LogP) is 2.96. The van der Waals surface area contributed by atoms with E-state index in [0.29, 0.717) is 26.1 Å². The zero-order valence-electron chi connectivity index (χ0n) is 17.7. The van der Waals surface area contributed by atoms with Crippen molar-refractivity contribution in [2.24, 2.45) is 5.92 Å². The molecule has 0 saturated carbocycles. The number of carbonyl (C=O) groups excluding carboxylic acids is 2. The van der Waals surface area contributed by atoms with Crippen LogP contribution in [0.25, 0.3) is 0 Å². The number of benzene rings is 2. The van der Waals surface area contributed by atoms with Gasteiger partial charge in [0.2, 0.25) is 11.8 Å². The smallest absolute Gasteiger partial charge is 0.228 e. The lowest BCUT2D eigenvalue weighted by Gasteiger charge is -2.37. The highest BCUT2D eigenvalue weighted by molar-refractivity contribution is 6.00. The summed E-state index contributed by atoms with van der Waals surface area (Å²) >= 11 is 0. The molecule has 0 N–H and O–H groups in total. The molecule has 0 spiro atoms. The third-order valence-corrected chi connectivity index (χ3v) is 6.15. The Bertz CT molecular complexity index is 921. The van der Waals surface area contributed by atoms with E-state index in [4.69, 9.17) is 4.74 Å². The first kappa shape index (κ1) is 20.3. The third kappa shape index (κ3) is 3.86. The zero-order valence-corrected chi connectivity index (χ0v) is 17.7. The van der Waals surface area contributed by atoms with E-state index in [1.54, 1.807) is 12.0 Å². The number of ether oxygens (including phenoxy) is 1. The van der Waals surface area contributed by atoms with Gasteiger partial charge >= 0.3 is 0 Å². The summed E-state index contributed by atoms with van der Waals surface area (Å²) in [6, 6.07) is 15.9. The van der Waals surface area contributed by atoms with Crippen LogP contribution in [0, 0.1) is 5.92 Å². The van der Waals surface area contributed by atoms with Crippen LogP contribution in [0.15, 0.2) is 48.5 Å². The Labute approximate surface area is 178 Å². The molecule has 6 nitrogen and oxygen atoms in total. The minimum atomic E-state index is -0.264. The maximum atomic E-state index is 13.1. The monoisotopic (exact) mass is 407 g/mol. The second kappa shape index (κ2) is 8.78. The van der Waals surface area contributed by atoms with Crippen molar-refractivity contribution in [3.63, 3.8) is 0 Å². The number of amides is 2. The Hall–Kier alpha value is -3.02. The highest BCUT2D eigenvalue weighted by Crippen LogP contribution is 2.31. The van der Waals surface area contributed by atoms with Gasteiger partial charge in [0.25, 0.3) is 0 Å². The van der Waals surface area contributed by atoms with Crippen LogP contribution in [0.3, 0.4) is 0 Å². The standard InChI is InChI=1S/C24H29N3O3/c1-3-18-8-4-5-9-20(18)27-17-19(16-23(27)28)24(29)26-14-12-25(13-15-26)21-10-6-7-11-22(21)30-2/h4-11,19H,3,12-17H2,1-2H3/t19-/m0/s1. The molecule has 2 aliphatic rings. The predicted molar refractivity (Wildman–Crippen MR) is 118 cm³/mol. The normalized spacial score (nSPS) is 19.3. The highest BCUT2D eigenvalue weighted by Gasteiger charge is 2.38. The maximum Gasteiger partial charge on any atom is 0.228 e. The van der Waals surface area contributed by atoms with Crippen molar-refractivity contribution in [3.8, 4) is 5.75 Å². The second-order valence-corrected chi connectivity index (χ2v) is 7.87. The van der Waals surface area contributed by atoms with Crippen LogP contribution < -0.4 is 14.5 Å². The van der Waals surface area contributed by atoms with Gasteiger partial charge in [0.1, 0.15) is 5.75 Å². The van der Waals surface area contributed by atoms with Gasteiger partial charge in [-0.1, -0.05) is 37.3 Å². The van der Waals surface area contributed by atoms with Gasteiger partial charge in [0.15, 0.2) is 0 Å². The van der Waals surface area contributed by atoms with Crippen LogP contribution in [0.2, 0.25) is 0 Å². The Kier molecular flexibility index (Phi) is 5.93. The summed E-state index contributed by atoms with van der Waals surface area (Å²) in [6.45, 7) is 5.40. The SMILES string of the molecule is CCc1ccccc1N1C[C@@H](C(=O)N2CCN(c3ccccc3OC)CC2)CC1=O. The average molecular weight is 408 g/mol. The molecule has 2 aromatic carbocycles. The van der Waals surface area contributed by atoms with Crippen molar-refractivity contribution >= 4 is 23.2 Å². The van der Waals surface area contributed by atoms with E-state index in [2.05, 4.69) is 24.0 Å². The van der Waals surface area contributed by atoms with Gasteiger partial charge in [0.05, 0.1) is 18.7 Å². The molecule has 2 fully saturated rings. The molecule has 2 aliphatic heterocycles. The number of carbonyl (C=O) groups is 2. The second-order valence-electron chi connectivity index (χ2n) is 7.87. The summed E-state index contributed by atoms with van der Waals surface area (Å²) in [6.07, 6.45) is 1.16. The van der Waals surface area contributed by atoms with E-state index >= 15 is 0 Å². The molecule has 158 valence electrons. The first-order chi connectivity index (χ1) is 14.6. The summed E-state index contributed by atoms with van der Waals surface area (Å²) < 4.78 is 5.47. The Balaban J connectivity index is 1.40. The molecule has 2 aromatic rings. The van der Waals surface area contributed by atoms with E-state index in [1.165, 1.54) is 0 Å². The Morgan fingerprint density at radius 1 is 1.00 bits per heavy atom. The van der Waals surface area contributed by atoms with Gasteiger partial charge in [-0.05, 0) is 30.2 Å². The largest absolute Gasteiger partial charge is 0.495 e. The number of hydrogen-bond donors (Lipinski definition) is 0. The summed E-state index contributed by atoms with van der Waals surface area (Å²) in [7, 11) is 1.68.